The van der Waals surface area contributed by atoms with Gasteiger partial charge in [0.1, 0.15) is 18.6 Å². The van der Waals surface area contributed by atoms with Crippen molar-refractivity contribution in [1.82, 2.24) is 10.6 Å². The van der Waals surface area contributed by atoms with E-state index < -0.39 is 42.4 Å². The van der Waals surface area contributed by atoms with Crippen molar-refractivity contribution in [2.24, 2.45) is 5.73 Å². The van der Waals surface area contributed by atoms with Crippen molar-refractivity contribution in [1.29, 1.82) is 0 Å². The van der Waals surface area contributed by atoms with Crippen molar-refractivity contribution >= 4 is 57.2 Å². The third-order valence-corrected chi connectivity index (χ3v) is 5.31. The molecule has 0 saturated carbocycles. The maximum Gasteiger partial charge on any atom is 0.322 e. The monoisotopic (exact) mass is 503 g/mol. The number of hydrogen-bond donors (Lipinski definition) is 5. The number of rotatable bonds is 13. The van der Waals surface area contributed by atoms with Gasteiger partial charge in [0.2, 0.25) is 11.8 Å². The second-order valence-electron chi connectivity index (χ2n) is 6.16. The minimum atomic E-state index is -1.25. The van der Waals surface area contributed by atoms with Gasteiger partial charge in [-0.2, -0.15) is 11.8 Å². The van der Waals surface area contributed by atoms with E-state index in [1.54, 1.807) is 24.3 Å². The highest BCUT2D eigenvalue weighted by atomic mass is 79.9. The molecule has 0 aliphatic rings. The van der Waals surface area contributed by atoms with E-state index in [0.717, 1.165) is 16.2 Å². The molecule has 1 rings (SSSR count). The molecule has 0 saturated heterocycles. The van der Waals surface area contributed by atoms with E-state index in [4.69, 9.17) is 15.9 Å². The summed E-state index contributed by atoms with van der Waals surface area (Å²) in [6.07, 6.45) is -0.349. The Hall–Kier alpha value is -2.44. The van der Waals surface area contributed by atoms with Crippen molar-refractivity contribution in [3.05, 3.63) is 34.3 Å². The van der Waals surface area contributed by atoms with Crippen LogP contribution in [0.25, 0.3) is 0 Å². The van der Waals surface area contributed by atoms with Crippen molar-refractivity contribution < 1.29 is 34.2 Å². The summed E-state index contributed by atoms with van der Waals surface area (Å²) in [4.78, 5) is 57.8. The number of halogens is 1. The Kier molecular flexibility index (Phi) is 11.1. The normalized spacial score (nSPS) is 12.5. The van der Waals surface area contributed by atoms with Crippen LogP contribution in [0.3, 0.4) is 0 Å². The number of Topliss-reactive ketones (excluding diaryl/α,β-unsaturated/α-hetero) is 1. The molecule has 2 atom stereocenters. The van der Waals surface area contributed by atoms with Crippen molar-refractivity contribution in [2.45, 2.75) is 24.9 Å². The van der Waals surface area contributed by atoms with Crippen LogP contribution in [-0.2, 0) is 19.2 Å². The molecule has 0 fully saturated rings. The Morgan fingerprint density at radius 3 is 2.30 bits per heavy atom. The third-order valence-electron chi connectivity index (χ3n) is 3.75. The molecule has 0 aliphatic carbocycles. The molecule has 1 aromatic carbocycles. The number of aliphatic carboxylic acids is 2. The van der Waals surface area contributed by atoms with Gasteiger partial charge in [0, 0.05) is 22.2 Å². The Morgan fingerprint density at radius 1 is 1.10 bits per heavy atom. The van der Waals surface area contributed by atoms with Crippen LogP contribution in [0.1, 0.15) is 23.2 Å². The van der Waals surface area contributed by atoms with Crippen LogP contribution in [0, 0.1) is 0 Å². The molecule has 0 unspecified atom stereocenters. The lowest BCUT2D eigenvalue weighted by Gasteiger charge is -2.18. The van der Waals surface area contributed by atoms with E-state index in [1.165, 1.54) is 0 Å². The van der Waals surface area contributed by atoms with Gasteiger partial charge in [0.05, 0.1) is 5.75 Å². The first kappa shape index (κ1) is 25.6. The third kappa shape index (κ3) is 9.85. The predicted molar refractivity (Wildman–Crippen MR) is 113 cm³/mol. The van der Waals surface area contributed by atoms with Crippen molar-refractivity contribution in [3.63, 3.8) is 0 Å². The predicted octanol–water partition coefficient (Wildman–Crippen LogP) is 0.243. The number of carboxylic acids is 2. The van der Waals surface area contributed by atoms with Crippen molar-refractivity contribution in [3.8, 4) is 0 Å². The van der Waals surface area contributed by atoms with Gasteiger partial charge in [-0.25, -0.2) is 0 Å². The highest BCUT2D eigenvalue weighted by molar-refractivity contribution is 9.10. The zero-order valence-corrected chi connectivity index (χ0v) is 18.2. The fourth-order valence-corrected chi connectivity index (χ4v) is 3.34. The number of carbonyl (C=O) groups excluding carboxylic acids is 3. The van der Waals surface area contributed by atoms with Crippen LogP contribution in [0.4, 0.5) is 0 Å². The van der Waals surface area contributed by atoms with Crippen LogP contribution >= 0.6 is 27.7 Å². The quantitative estimate of drug-likeness (QED) is 0.236. The number of ketones is 1. The molecular formula is C18H22BrN3O7S. The topological polar surface area (TPSA) is 176 Å². The molecule has 10 nitrogen and oxygen atoms in total. The summed E-state index contributed by atoms with van der Waals surface area (Å²) in [7, 11) is 0. The van der Waals surface area contributed by atoms with Gasteiger partial charge in [-0.15, -0.1) is 0 Å². The van der Waals surface area contributed by atoms with E-state index in [9.17, 15) is 24.0 Å². The molecule has 0 aromatic heterocycles. The standard InChI is InChI=1S/C18H22BrN3O7S/c19-11-3-1-10(2-4-11)14(23)9-30-8-13(17(27)21-7-16(25)26)22-15(24)6-5-12(20)18(28)29/h1-4,12-13H,5-9,20H2,(H,21,27)(H,22,24)(H,25,26)(H,28,29)/t12-,13+/m1/s1. The number of benzene rings is 1. The van der Waals surface area contributed by atoms with Crippen LogP contribution in [0.2, 0.25) is 0 Å². The van der Waals surface area contributed by atoms with Crippen LogP contribution in [0.15, 0.2) is 28.7 Å². The molecule has 0 spiro atoms. The molecule has 0 radical (unpaired) electrons. The van der Waals surface area contributed by atoms with E-state index in [1.807, 2.05) is 0 Å². The summed E-state index contributed by atoms with van der Waals surface area (Å²) in [5.41, 5.74) is 5.84. The van der Waals surface area contributed by atoms with Gasteiger partial charge >= 0.3 is 11.9 Å². The number of thioether (sulfide) groups is 1. The summed E-state index contributed by atoms with van der Waals surface area (Å²) in [6.45, 7) is -0.627. The number of nitrogens with two attached hydrogens (primary N) is 1. The van der Waals surface area contributed by atoms with Gasteiger partial charge in [-0.1, -0.05) is 28.1 Å². The van der Waals surface area contributed by atoms with Gasteiger partial charge in [0.15, 0.2) is 5.78 Å². The van der Waals surface area contributed by atoms with Gasteiger partial charge in [0.25, 0.3) is 0 Å². The molecule has 0 aliphatic heterocycles. The summed E-state index contributed by atoms with van der Waals surface area (Å²) in [6, 6.07) is 4.44. The Balaban J connectivity index is 2.63. The van der Waals surface area contributed by atoms with Gasteiger partial charge in [-0.05, 0) is 18.6 Å². The van der Waals surface area contributed by atoms with E-state index in [2.05, 4.69) is 26.6 Å². The number of amides is 2. The molecule has 2 amide bonds. The minimum absolute atomic E-state index is 0.0183. The smallest absolute Gasteiger partial charge is 0.322 e. The number of carbonyl (C=O) groups is 5. The van der Waals surface area contributed by atoms with Crippen LogP contribution in [0.5, 0.6) is 0 Å². The van der Waals surface area contributed by atoms with E-state index >= 15 is 0 Å². The van der Waals surface area contributed by atoms with Crippen LogP contribution in [-0.4, -0.2) is 69.9 Å². The second kappa shape index (κ2) is 13.0. The molecule has 164 valence electrons. The highest BCUT2D eigenvalue weighted by Crippen LogP contribution is 2.13. The highest BCUT2D eigenvalue weighted by Gasteiger charge is 2.23. The lowest BCUT2D eigenvalue weighted by Crippen LogP contribution is -2.49. The van der Waals surface area contributed by atoms with Crippen LogP contribution < -0.4 is 16.4 Å². The summed E-state index contributed by atoms with van der Waals surface area (Å²) in [5, 5.41) is 22.0. The SMILES string of the molecule is N[C@H](CCC(=O)N[C@@H](CSCC(=O)c1ccc(Br)cc1)C(=O)NCC(=O)O)C(=O)O. The first-order chi connectivity index (χ1) is 14.1. The summed E-state index contributed by atoms with van der Waals surface area (Å²) >= 11 is 4.38. The average molecular weight is 504 g/mol. The molecule has 0 bridgehead atoms. The zero-order chi connectivity index (χ0) is 22.7. The molecule has 6 N–H and O–H groups in total. The Bertz CT molecular complexity index is 788. The largest absolute Gasteiger partial charge is 0.480 e. The molecule has 1 aromatic rings. The molecular weight excluding hydrogens is 482 g/mol. The molecule has 0 heterocycles. The average Bonchev–Trinajstić information content (AvgIpc) is 2.69. The fraction of sp³-hybridized carbons (Fsp3) is 0.389. The Labute approximate surface area is 185 Å². The lowest BCUT2D eigenvalue weighted by atomic mass is 10.1. The number of hydrogen-bond acceptors (Lipinski definition) is 7. The van der Waals surface area contributed by atoms with Crippen molar-refractivity contribution in [2.75, 3.05) is 18.1 Å². The Morgan fingerprint density at radius 2 is 1.73 bits per heavy atom. The zero-order valence-electron chi connectivity index (χ0n) is 15.8. The maximum atomic E-state index is 12.2. The van der Waals surface area contributed by atoms with E-state index in [-0.39, 0.29) is 30.1 Å². The lowest BCUT2D eigenvalue weighted by molar-refractivity contribution is -0.139. The second-order valence-corrected chi connectivity index (χ2v) is 8.11. The summed E-state index contributed by atoms with van der Waals surface area (Å²) in [5.74, 6) is -3.94. The molecule has 12 heteroatoms. The number of nitrogens with one attached hydrogen (secondary N) is 2. The minimum Gasteiger partial charge on any atom is -0.480 e. The summed E-state index contributed by atoms with van der Waals surface area (Å²) < 4.78 is 0.826. The van der Waals surface area contributed by atoms with Gasteiger partial charge < -0.3 is 26.6 Å². The number of carboxylic acid groups (broad SMARTS) is 2. The van der Waals surface area contributed by atoms with E-state index in [0.29, 0.717) is 5.56 Å². The fourth-order valence-electron chi connectivity index (χ4n) is 2.13. The van der Waals surface area contributed by atoms with Gasteiger partial charge in [-0.3, -0.25) is 24.0 Å². The molecule has 30 heavy (non-hydrogen) atoms. The first-order valence-electron chi connectivity index (χ1n) is 8.74. The first-order valence-corrected chi connectivity index (χ1v) is 10.7. The maximum absolute atomic E-state index is 12.2.